The van der Waals surface area contributed by atoms with E-state index in [2.05, 4.69) is 10.6 Å². The van der Waals surface area contributed by atoms with Gasteiger partial charge in [0.05, 0.1) is 21.3 Å². The molecule has 0 spiro atoms. The number of nitrogens with one attached hydrogen (secondary N) is 2. The minimum atomic E-state index is -3.67. The van der Waals surface area contributed by atoms with E-state index in [1.165, 1.54) is 10.4 Å². The number of aryl methyl sites for hydroxylation is 1. The second-order valence-electron chi connectivity index (χ2n) is 9.97. The molecular formula is C31H28ClN3O5S2. The molecule has 8 nitrogen and oxygen atoms in total. The number of hydrogen-bond acceptors (Lipinski definition) is 6. The molecule has 2 heterocycles. The van der Waals surface area contributed by atoms with Crippen molar-refractivity contribution in [3.63, 3.8) is 0 Å². The summed E-state index contributed by atoms with van der Waals surface area (Å²) in [4.78, 5) is 39.9. The zero-order valence-corrected chi connectivity index (χ0v) is 25.1. The van der Waals surface area contributed by atoms with Crippen LogP contribution >= 0.6 is 22.9 Å². The molecule has 5 rings (SSSR count). The Kier molecular flexibility index (Phi) is 8.88. The number of hydrogen-bond donors (Lipinski definition) is 2. The second kappa shape index (κ2) is 12.6. The number of sulfonamides is 1. The fourth-order valence-electron chi connectivity index (χ4n) is 4.84. The third-order valence-corrected chi connectivity index (χ3v) is 10.7. The summed E-state index contributed by atoms with van der Waals surface area (Å²) in [6.45, 7) is 2.27. The Balaban J connectivity index is 1.28. The summed E-state index contributed by atoms with van der Waals surface area (Å²) >= 11 is 6.92. The van der Waals surface area contributed by atoms with Crippen molar-refractivity contribution in [3.05, 3.63) is 112 Å². The fraction of sp³-hybridized carbons (Fsp3) is 0.194. The number of thiophene rings is 1. The lowest BCUT2D eigenvalue weighted by molar-refractivity contribution is -0.120. The van der Waals surface area contributed by atoms with Crippen LogP contribution in [0, 0.1) is 12.8 Å². The van der Waals surface area contributed by atoms with Crippen LogP contribution in [-0.2, 0) is 14.8 Å². The number of para-hydroxylation sites is 1. The lowest BCUT2D eigenvalue weighted by Gasteiger charge is -2.30. The zero-order chi connectivity index (χ0) is 29.9. The van der Waals surface area contributed by atoms with Crippen LogP contribution in [0.15, 0.2) is 89.1 Å². The van der Waals surface area contributed by atoms with Crippen molar-refractivity contribution in [2.45, 2.75) is 24.0 Å². The summed E-state index contributed by atoms with van der Waals surface area (Å²) in [6, 6.07) is 23.7. The summed E-state index contributed by atoms with van der Waals surface area (Å²) in [5.41, 5.74) is 2.66. The van der Waals surface area contributed by atoms with Crippen LogP contribution < -0.4 is 10.6 Å². The molecule has 42 heavy (non-hydrogen) atoms. The van der Waals surface area contributed by atoms with Gasteiger partial charge < -0.3 is 10.6 Å². The van der Waals surface area contributed by atoms with Crippen LogP contribution in [0.4, 0.5) is 11.4 Å². The predicted octanol–water partition coefficient (Wildman–Crippen LogP) is 6.23. The van der Waals surface area contributed by atoms with E-state index in [0.717, 1.165) is 16.9 Å². The van der Waals surface area contributed by atoms with E-state index >= 15 is 0 Å². The van der Waals surface area contributed by atoms with Crippen molar-refractivity contribution >= 4 is 61.9 Å². The Labute approximate surface area is 253 Å². The Morgan fingerprint density at radius 1 is 0.833 bits per heavy atom. The van der Waals surface area contributed by atoms with Gasteiger partial charge in [-0.2, -0.15) is 4.31 Å². The van der Waals surface area contributed by atoms with Gasteiger partial charge in [0, 0.05) is 30.1 Å². The number of halogens is 1. The van der Waals surface area contributed by atoms with Crippen LogP contribution in [-0.4, -0.2) is 43.4 Å². The van der Waals surface area contributed by atoms with Crippen molar-refractivity contribution in [2.24, 2.45) is 5.92 Å². The Bertz CT molecular complexity index is 1750. The monoisotopic (exact) mass is 621 g/mol. The quantitative estimate of drug-likeness (QED) is 0.226. The molecule has 11 heteroatoms. The smallest absolute Gasteiger partial charge is 0.257 e. The molecule has 2 N–H and O–H groups in total. The highest BCUT2D eigenvalue weighted by Crippen LogP contribution is 2.31. The Hall–Kier alpha value is -3.83. The molecule has 0 aliphatic carbocycles. The number of nitrogens with zero attached hydrogens (tertiary/aromatic N) is 1. The van der Waals surface area contributed by atoms with Crippen LogP contribution in [0.3, 0.4) is 0 Å². The summed E-state index contributed by atoms with van der Waals surface area (Å²) in [5, 5.41) is 5.70. The van der Waals surface area contributed by atoms with Crippen molar-refractivity contribution in [1.82, 2.24) is 4.31 Å². The number of carbonyl (C=O) groups excluding carboxylic acids is 3. The molecule has 1 aromatic heterocycles. The first-order valence-corrected chi connectivity index (χ1v) is 15.9. The maximum Gasteiger partial charge on any atom is 0.257 e. The number of piperidine rings is 1. The minimum absolute atomic E-state index is 0.178. The molecule has 216 valence electrons. The third kappa shape index (κ3) is 6.47. The molecule has 3 aromatic carbocycles. The lowest BCUT2D eigenvalue weighted by Crippen LogP contribution is -2.41. The second-order valence-corrected chi connectivity index (χ2v) is 13.8. The Morgan fingerprint density at radius 3 is 2.19 bits per heavy atom. The first-order chi connectivity index (χ1) is 20.1. The van der Waals surface area contributed by atoms with Gasteiger partial charge in [-0.25, -0.2) is 8.42 Å². The van der Waals surface area contributed by atoms with E-state index in [0.29, 0.717) is 39.7 Å². The van der Waals surface area contributed by atoms with E-state index in [-0.39, 0.29) is 34.6 Å². The third-order valence-electron chi connectivity index (χ3n) is 7.10. The molecule has 0 bridgehead atoms. The van der Waals surface area contributed by atoms with Crippen LogP contribution in [0.5, 0.6) is 0 Å². The van der Waals surface area contributed by atoms with Crippen molar-refractivity contribution in [1.29, 1.82) is 0 Å². The van der Waals surface area contributed by atoms with Gasteiger partial charge in [0.15, 0.2) is 5.78 Å². The van der Waals surface area contributed by atoms with Gasteiger partial charge in [0.2, 0.25) is 5.91 Å². The Morgan fingerprint density at radius 2 is 1.50 bits per heavy atom. The number of benzene rings is 3. The van der Waals surface area contributed by atoms with Gasteiger partial charge in [0.1, 0.15) is 4.21 Å². The maximum absolute atomic E-state index is 13.4. The highest BCUT2D eigenvalue weighted by atomic mass is 35.5. The number of carbonyl (C=O) groups is 3. The molecule has 1 saturated heterocycles. The van der Waals surface area contributed by atoms with Crippen LogP contribution in [0.2, 0.25) is 4.34 Å². The summed E-state index contributed by atoms with van der Waals surface area (Å²) in [5.74, 6) is -1.41. The van der Waals surface area contributed by atoms with Crippen LogP contribution in [0.25, 0.3) is 0 Å². The zero-order valence-electron chi connectivity index (χ0n) is 22.7. The van der Waals surface area contributed by atoms with Gasteiger partial charge >= 0.3 is 0 Å². The maximum atomic E-state index is 13.4. The van der Waals surface area contributed by atoms with Crippen molar-refractivity contribution in [2.75, 3.05) is 23.7 Å². The average molecular weight is 622 g/mol. The van der Waals surface area contributed by atoms with Crippen molar-refractivity contribution in [3.8, 4) is 0 Å². The number of anilines is 2. The number of rotatable bonds is 8. The van der Waals surface area contributed by atoms with Gasteiger partial charge in [-0.1, -0.05) is 65.7 Å². The highest BCUT2D eigenvalue weighted by Gasteiger charge is 2.33. The average Bonchev–Trinajstić information content (AvgIpc) is 3.45. The number of ketones is 1. The summed E-state index contributed by atoms with van der Waals surface area (Å²) in [6.07, 6.45) is 0.680. The highest BCUT2D eigenvalue weighted by molar-refractivity contribution is 7.91. The van der Waals surface area contributed by atoms with Gasteiger partial charge in [-0.3, -0.25) is 14.4 Å². The minimum Gasteiger partial charge on any atom is -0.325 e. The molecule has 2 amide bonds. The van der Waals surface area contributed by atoms with Crippen molar-refractivity contribution < 1.29 is 22.8 Å². The molecule has 0 radical (unpaired) electrons. The molecule has 0 saturated carbocycles. The van der Waals surface area contributed by atoms with E-state index in [1.807, 2.05) is 19.1 Å². The molecule has 4 aromatic rings. The lowest BCUT2D eigenvalue weighted by atomic mass is 9.97. The summed E-state index contributed by atoms with van der Waals surface area (Å²) in [7, 11) is -3.67. The molecule has 1 aliphatic rings. The standard InChI is InChI=1S/C31H28ClN3O5S2/c1-20-11-12-26(24(19-20)29(36)21-7-3-2-4-8-21)34-31(38)23-9-5-6-10-25(23)33-30(37)22-15-17-35(18-16-22)42(39,40)28-14-13-27(32)41-28/h2-14,19,22H,15-18H2,1H3,(H,33,37)(H,34,38). The molecule has 0 atom stereocenters. The van der Waals surface area contributed by atoms with E-state index in [1.54, 1.807) is 66.7 Å². The number of amides is 2. The van der Waals surface area contributed by atoms with E-state index in [9.17, 15) is 22.8 Å². The molecule has 0 unspecified atom stereocenters. The molecule has 1 fully saturated rings. The molecular weight excluding hydrogens is 594 g/mol. The van der Waals surface area contributed by atoms with Gasteiger partial charge in [-0.15, -0.1) is 11.3 Å². The summed E-state index contributed by atoms with van der Waals surface area (Å²) < 4.78 is 27.8. The SMILES string of the molecule is Cc1ccc(NC(=O)c2ccccc2NC(=O)C2CCN(S(=O)(=O)c3ccc(Cl)s3)CC2)c(C(=O)c2ccccc2)c1. The fourth-order valence-corrected chi connectivity index (χ4v) is 7.94. The van der Waals surface area contributed by atoms with Crippen LogP contribution in [0.1, 0.15) is 44.7 Å². The first-order valence-electron chi connectivity index (χ1n) is 13.3. The van der Waals surface area contributed by atoms with E-state index in [4.69, 9.17) is 11.6 Å². The van der Waals surface area contributed by atoms with E-state index < -0.39 is 21.8 Å². The normalized spacial score (nSPS) is 14.3. The first kappa shape index (κ1) is 29.7. The largest absolute Gasteiger partial charge is 0.325 e. The van der Waals surface area contributed by atoms with Gasteiger partial charge in [0.25, 0.3) is 15.9 Å². The predicted molar refractivity (Wildman–Crippen MR) is 165 cm³/mol. The topological polar surface area (TPSA) is 113 Å². The van der Waals surface area contributed by atoms with Gasteiger partial charge in [-0.05, 0) is 56.2 Å². The molecule has 1 aliphatic heterocycles.